The van der Waals surface area contributed by atoms with Gasteiger partial charge in [0.25, 0.3) is 0 Å². The maximum atomic E-state index is 10.1. The Morgan fingerprint density at radius 1 is 1.12 bits per heavy atom. The molecule has 0 saturated heterocycles. The minimum Gasteiger partial charge on any atom is -0.494 e. The number of pyridine rings is 1. The van der Waals surface area contributed by atoms with E-state index in [-0.39, 0.29) is 13.2 Å². The highest BCUT2D eigenvalue weighted by atomic mass is 16.5. The summed E-state index contributed by atoms with van der Waals surface area (Å²) in [4.78, 5) is 5.36. The van der Waals surface area contributed by atoms with E-state index in [4.69, 9.17) is 9.47 Å². The van der Waals surface area contributed by atoms with E-state index >= 15 is 0 Å². The number of benzene rings is 1. The third-order valence-electron chi connectivity index (χ3n) is 3.32. The van der Waals surface area contributed by atoms with Crippen LogP contribution in [0, 0.1) is 0 Å². The molecule has 0 saturated carbocycles. The lowest BCUT2D eigenvalue weighted by molar-refractivity contribution is 0.0849. The Hall–Kier alpha value is -3.00. The van der Waals surface area contributed by atoms with Crippen molar-refractivity contribution in [2.24, 2.45) is 0 Å². The van der Waals surface area contributed by atoms with Crippen molar-refractivity contribution in [2.75, 3.05) is 13.2 Å². The predicted octanol–water partition coefficient (Wildman–Crippen LogP) is 1.57. The Morgan fingerprint density at radius 3 is 2.56 bits per heavy atom. The van der Waals surface area contributed by atoms with E-state index in [9.17, 15) is 5.11 Å². The van der Waals surface area contributed by atoms with E-state index in [0.29, 0.717) is 18.2 Å². The molecule has 3 rings (SSSR count). The van der Waals surface area contributed by atoms with E-state index in [1.54, 1.807) is 30.6 Å². The lowest BCUT2D eigenvalue weighted by Gasteiger charge is -2.12. The molecule has 0 fully saturated rings. The summed E-state index contributed by atoms with van der Waals surface area (Å²) >= 11 is 0. The maximum absolute atomic E-state index is 10.1. The zero-order chi connectivity index (χ0) is 17.5. The molecule has 8 heteroatoms. The van der Waals surface area contributed by atoms with E-state index in [2.05, 4.69) is 20.4 Å². The Morgan fingerprint density at radius 2 is 1.88 bits per heavy atom. The number of hydrogen-bond acceptors (Lipinski definition) is 7. The Kier molecular flexibility index (Phi) is 5.53. The Bertz CT molecular complexity index is 776. The van der Waals surface area contributed by atoms with Gasteiger partial charge in [0, 0.05) is 18.0 Å². The van der Waals surface area contributed by atoms with E-state index < -0.39 is 6.10 Å². The first-order valence-corrected chi connectivity index (χ1v) is 7.96. The van der Waals surface area contributed by atoms with Crippen molar-refractivity contribution in [2.45, 2.75) is 19.6 Å². The van der Waals surface area contributed by atoms with Crippen molar-refractivity contribution in [1.82, 2.24) is 25.2 Å². The SMILES string of the molecule is CCOc1ccc(OCC(O)Cn2nnc(-c3cccnc3)n2)cc1. The van der Waals surface area contributed by atoms with E-state index in [1.807, 2.05) is 25.1 Å². The third-order valence-corrected chi connectivity index (χ3v) is 3.32. The summed E-state index contributed by atoms with van der Waals surface area (Å²) in [6.45, 7) is 2.85. The van der Waals surface area contributed by atoms with Crippen LogP contribution in [0.15, 0.2) is 48.8 Å². The molecule has 0 aliphatic rings. The van der Waals surface area contributed by atoms with Crippen molar-refractivity contribution < 1.29 is 14.6 Å². The first-order valence-electron chi connectivity index (χ1n) is 7.96. The molecule has 25 heavy (non-hydrogen) atoms. The van der Waals surface area contributed by atoms with Crippen LogP contribution in [-0.2, 0) is 6.54 Å². The van der Waals surface area contributed by atoms with Crippen molar-refractivity contribution in [1.29, 1.82) is 0 Å². The second-order valence-corrected chi connectivity index (χ2v) is 5.28. The van der Waals surface area contributed by atoms with Gasteiger partial charge in [-0.05, 0) is 48.5 Å². The number of ether oxygens (including phenoxy) is 2. The number of aliphatic hydroxyl groups is 1. The predicted molar refractivity (Wildman–Crippen MR) is 90.2 cm³/mol. The molecular weight excluding hydrogens is 322 g/mol. The molecule has 1 N–H and O–H groups in total. The highest BCUT2D eigenvalue weighted by Crippen LogP contribution is 2.17. The molecule has 0 aliphatic carbocycles. The number of rotatable bonds is 8. The average molecular weight is 341 g/mol. The van der Waals surface area contributed by atoms with Gasteiger partial charge in [-0.3, -0.25) is 4.98 Å². The number of nitrogens with zero attached hydrogens (tertiary/aromatic N) is 5. The number of aromatic nitrogens is 5. The molecule has 8 nitrogen and oxygen atoms in total. The van der Waals surface area contributed by atoms with Gasteiger partial charge in [0.15, 0.2) is 0 Å². The zero-order valence-electron chi connectivity index (χ0n) is 13.8. The molecule has 0 spiro atoms. The van der Waals surface area contributed by atoms with E-state index in [0.717, 1.165) is 11.3 Å². The molecule has 1 atom stereocenters. The lowest BCUT2D eigenvalue weighted by Crippen LogP contribution is -2.24. The molecular formula is C17H19N5O3. The van der Waals surface area contributed by atoms with E-state index in [1.165, 1.54) is 4.80 Å². The molecule has 130 valence electrons. The van der Waals surface area contributed by atoms with Gasteiger partial charge in [0.2, 0.25) is 5.82 Å². The Labute approximate surface area is 145 Å². The van der Waals surface area contributed by atoms with Crippen LogP contribution in [-0.4, -0.2) is 49.6 Å². The molecule has 3 aromatic rings. The number of aliphatic hydroxyl groups excluding tert-OH is 1. The minimum atomic E-state index is -0.762. The molecule has 0 amide bonds. The fourth-order valence-electron chi connectivity index (χ4n) is 2.16. The van der Waals surface area contributed by atoms with Gasteiger partial charge >= 0.3 is 0 Å². The second kappa shape index (κ2) is 8.20. The summed E-state index contributed by atoms with van der Waals surface area (Å²) in [6, 6.07) is 10.9. The Balaban J connectivity index is 1.51. The minimum absolute atomic E-state index is 0.123. The second-order valence-electron chi connectivity index (χ2n) is 5.28. The van der Waals surface area contributed by atoms with Crippen LogP contribution in [0.1, 0.15) is 6.92 Å². The quantitative estimate of drug-likeness (QED) is 0.664. The van der Waals surface area contributed by atoms with Gasteiger partial charge in [-0.15, -0.1) is 10.2 Å². The standard InChI is InChI=1S/C17H19N5O3/c1-2-24-15-5-7-16(8-6-15)25-12-14(23)11-22-20-17(19-21-22)13-4-3-9-18-10-13/h3-10,14,23H,2,11-12H2,1H3. The molecule has 0 bridgehead atoms. The van der Waals surface area contributed by atoms with Gasteiger partial charge in [0.05, 0.1) is 13.2 Å². The fraction of sp³-hybridized carbons (Fsp3) is 0.294. The summed E-state index contributed by atoms with van der Waals surface area (Å²) < 4.78 is 10.9. The largest absolute Gasteiger partial charge is 0.494 e. The molecule has 2 heterocycles. The van der Waals surface area contributed by atoms with Gasteiger partial charge in [-0.1, -0.05) is 0 Å². The summed E-state index contributed by atoms with van der Waals surface area (Å²) in [7, 11) is 0. The van der Waals surface area contributed by atoms with Crippen LogP contribution < -0.4 is 9.47 Å². The van der Waals surface area contributed by atoms with Crippen LogP contribution >= 0.6 is 0 Å². The highest BCUT2D eigenvalue weighted by Gasteiger charge is 2.11. The molecule has 2 aromatic heterocycles. The average Bonchev–Trinajstić information content (AvgIpc) is 3.11. The summed E-state index contributed by atoms with van der Waals surface area (Å²) in [5.41, 5.74) is 0.772. The summed E-state index contributed by atoms with van der Waals surface area (Å²) in [5, 5.41) is 22.2. The smallest absolute Gasteiger partial charge is 0.206 e. The van der Waals surface area contributed by atoms with Crippen LogP contribution in [0.5, 0.6) is 11.5 Å². The monoisotopic (exact) mass is 341 g/mol. The first kappa shape index (κ1) is 16.8. The van der Waals surface area contributed by atoms with Crippen LogP contribution in [0.25, 0.3) is 11.4 Å². The third kappa shape index (κ3) is 4.74. The molecule has 0 radical (unpaired) electrons. The molecule has 0 aliphatic heterocycles. The highest BCUT2D eigenvalue weighted by molar-refractivity contribution is 5.51. The van der Waals surface area contributed by atoms with Crippen molar-refractivity contribution in [3.63, 3.8) is 0 Å². The van der Waals surface area contributed by atoms with Gasteiger partial charge in [-0.25, -0.2) is 0 Å². The topological polar surface area (TPSA) is 95.2 Å². The summed E-state index contributed by atoms with van der Waals surface area (Å²) in [6.07, 6.45) is 2.57. The van der Waals surface area contributed by atoms with Crippen molar-refractivity contribution >= 4 is 0 Å². The van der Waals surface area contributed by atoms with Gasteiger partial charge in [0.1, 0.15) is 24.2 Å². The number of hydrogen-bond donors (Lipinski definition) is 1. The first-order chi connectivity index (χ1) is 12.2. The molecule has 1 unspecified atom stereocenters. The fourth-order valence-corrected chi connectivity index (χ4v) is 2.16. The van der Waals surface area contributed by atoms with Crippen molar-refractivity contribution in [3.05, 3.63) is 48.8 Å². The van der Waals surface area contributed by atoms with Crippen LogP contribution in [0.3, 0.4) is 0 Å². The zero-order valence-corrected chi connectivity index (χ0v) is 13.8. The number of tetrazole rings is 1. The maximum Gasteiger partial charge on any atom is 0.206 e. The van der Waals surface area contributed by atoms with Gasteiger partial charge in [-0.2, -0.15) is 4.80 Å². The van der Waals surface area contributed by atoms with Gasteiger partial charge < -0.3 is 14.6 Å². The summed E-state index contributed by atoms with van der Waals surface area (Å²) in [5.74, 6) is 1.91. The van der Waals surface area contributed by atoms with Crippen LogP contribution in [0.4, 0.5) is 0 Å². The van der Waals surface area contributed by atoms with Crippen LogP contribution in [0.2, 0.25) is 0 Å². The normalized spacial score (nSPS) is 11.9. The lowest BCUT2D eigenvalue weighted by atomic mass is 10.3. The molecule has 1 aromatic carbocycles. The van der Waals surface area contributed by atoms with Crippen molar-refractivity contribution in [3.8, 4) is 22.9 Å².